The molecule has 2 N–H and O–H groups in total. The molecule has 30 heavy (non-hydrogen) atoms. The van der Waals surface area contributed by atoms with E-state index in [0.717, 1.165) is 30.5 Å². The van der Waals surface area contributed by atoms with Crippen LogP contribution in [0.5, 0.6) is 0 Å². The molecule has 2 fully saturated rings. The average molecular weight is 402 g/mol. The zero-order valence-electron chi connectivity index (χ0n) is 17.6. The fourth-order valence-corrected chi connectivity index (χ4v) is 5.23. The molecule has 2 heterocycles. The minimum atomic E-state index is 0.00764. The van der Waals surface area contributed by atoms with Crippen LogP contribution < -0.4 is 5.73 Å². The van der Waals surface area contributed by atoms with E-state index in [1.165, 1.54) is 37.6 Å². The molecule has 5 nitrogen and oxygen atoms in total. The summed E-state index contributed by atoms with van der Waals surface area (Å²) in [4.78, 5) is 22.3. The van der Waals surface area contributed by atoms with E-state index in [4.69, 9.17) is 5.73 Å². The molecule has 0 amide bonds. The van der Waals surface area contributed by atoms with E-state index in [0.29, 0.717) is 34.6 Å². The van der Waals surface area contributed by atoms with Crippen LogP contribution in [0.25, 0.3) is 11.0 Å². The van der Waals surface area contributed by atoms with Crippen LogP contribution >= 0.6 is 0 Å². The monoisotopic (exact) mass is 401 g/mol. The van der Waals surface area contributed by atoms with Crippen LogP contribution in [0.3, 0.4) is 0 Å². The number of ketones is 1. The highest BCUT2D eigenvalue weighted by atomic mass is 16.1. The van der Waals surface area contributed by atoms with Crippen molar-refractivity contribution in [3.05, 3.63) is 59.9 Å². The molecule has 2 atom stereocenters. The molecule has 5 heteroatoms. The zero-order valence-corrected chi connectivity index (χ0v) is 17.6. The topological polar surface area (TPSA) is 73.8 Å². The molecule has 2 aromatic heterocycles. The first-order valence-electron chi connectivity index (χ1n) is 11.2. The Morgan fingerprint density at radius 3 is 2.73 bits per heavy atom. The molecular formula is C25H29N4O. The Morgan fingerprint density at radius 2 is 1.97 bits per heavy atom. The third-order valence-electron chi connectivity index (χ3n) is 7.02. The molecule has 0 saturated heterocycles. The molecule has 5 rings (SSSR count). The maximum atomic E-state index is 13.6. The van der Waals surface area contributed by atoms with Gasteiger partial charge in [0.05, 0.1) is 10.9 Å². The first kappa shape index (κ1) is 19.3. The van der Waals surface area contributed by atoms with Gasteiger partial charge in [-0.2, -0.15) is 0 Å². The maximum absolute atomic E-state index is 13.6. The molecule has 3 aromatic rings. The van der Waals surface area contributed by atoms with Gasteiger partial charge >= 0.3 is 0 Å². The van der Waals surface area contributed by atoms with Crippen molar-refractivity contribution in [2.75, 3.05) is 5.73 Å². The number of aromatic nitrogens is 3. The lowest BCUT2D eigenvalue weighted by Gasteiger charge is -2.26. The second kappa shape index (κ2) is 7.86. The lowest BCUT2D eigenvalue weighted by atomic mass is 9.79. The summed E-state index contributed by atoms with van der Waals surface area (Å²) in [5, 5.41) is 0.694. The Labute approximate surface area is 177 Å². The number of nitrogens with zero attached hydrogens (tertiary/aromatic N) is 3. The van der Waals surface area contributed by atoms with Crippen molar-refractivity contribution in [2.24, 2.45) is 5.92 Å². The third-order valence-corrected chi connectivity index (χ3v) is 7.02. The van der Waals surface area contributed by atoms with Crippen LogP contribution in [0.1, 0.15) is 85.3 Å². The smallest absolute Gasteiger partial charge is 0.195 e. The van der Waals surface area contributed by atoms with E-state index in [-0.39, 0.29) is 5.78 Å². The van der Waals surface area contributed by atoms with Gasteiger partial charge in [0.1, 0.15) is 17.8 Å². The van der Waals surface area contributed by atoms with Crippen LogP contribution in [0, 0.1) is 12.3 Å². The van der Waals surface area contributed by atoms with E-state index >= 15 is 0 Å². The van der Waals surface area contributed by atoms with Crippen LogP contribution in [-0.2, 0) is 0 Å². The zero-order chi connectivity index (χ0) is 20.7. The van der Waals surface area contributed by atoms with Gasteiger partial charge in [0.15, 0.2) is 5.78 Å². The van der Waals surface area contributed by atoms with Crippen molar-refractivity contribution in [2.45, 2.75) is 63.8 Å². The SMILES string of the molecule is CC1[CH]CC(c2cccc(C(=O)c3cn(C4CCCC4)c4ncnc(N)c34)c2)CC1. The fourth-order valence-electron chi connectivity index (χ4n) is 5.23. The van der Waals surface area contributed by atoms with Gasteiger partial charge in [0.2, 0.25) is 0 Å². The molecular weight excluding hydrogens is 372 g/mol. The average Bonchev–Trinajstić information content (AvgIpc) is 3.42. The Morgan fingerprint density at radius 1 is 1.13 bits per heavy atom. The number of rotatable bonds is 4. The van der Waals surface area contributed by atoms with E-state index in [1.807, 2.05) is 18.3 Å². The summed E-state index contributed by atoms with van der Waals surface area (Å²) in [6.07, 6.45) is 14.0. The molecule has 2 aliphatic rings. The van der Waals surface area contributed by atoms with Crippen molar-refractivity contribution in [3.8, 4) is 0 Å². The molecule has 2 aliphatic carbocycles. The summed E-state index contributed by atoms with van der Waals surface area (Å²) in [7, 11) is 0. The predicted molar refractivity (Wildman–Crippen MR) is 119 cm³/mol. The first-order chi connectivity index (χ1) is 14.6. The highest BCUT2D eigenvalue weighted by molar-refractivity contribution is 6.18. The van der Waals surface area contributed by atoms with Crippen molar-refractivity contribution >= 4 is 22.6 Å². The van der Waals surface area contributed by atoms with Crippen LogP contribution in [0.2, 0.25) is 0 Å². The number of hydrogen-bond donors (Lipinski definition) is 1. The van der Waals surface area contributed by atoms with Gasteiger partial charge in [0, 0.05) is 17.8 Å². The van der Waals surface area contributed by atoms with E-state index in [1.54, 1.807) is 0 Å². The van der Waals surface area contributed by atoms with E-state index in [2.05, 4.69) is 40.0 Å². The molecule has 2 unspecified atom stereocenters. The van der Waals surface area contributed by atoms with E-state index < -0.39 is 0 Å². The van der Waals surface area contributed by atoms with Crippen molar-refractivity contribution in [3.63, 3.8) is 0 Å². The molecule has 0 aliphatic heterocycles. The molecule has 155 valence electrons. The van der Waals surface area contributed by atoms with Gasteiger partial charge in [-0.05, 0) is 62.0 Å². The number of benzene rings is 1. The molecule has 2 saturated carbocycles. The Hall–Kier alpha value is -2.69. The summed E-state index contributed by atoms with van der Waals surface area (Å²) in [6.45, 7) is 2.28. The van der Waals surface area contributed by atoms with Gasteiger partial charge in [-0.25, -0.2) is 9.97 Å². The minimum Gasteiger partial charge on any atom is -0.383 e. The third kappa shape index (κ3) is 3.40. The van der Waals surface area contributed by atoms with Gasteiger partial charge in [-0.3, -0.25) is 4.79 Å². The summed E-state index contributed by atoms with van der Waals surface area (Å²) >= 11 is 0. The quantitative estimate of drug-likeness (QED) is 0.589. The molecule has 1 radical (unpaired) electrons. The van der Waals surface area contributed by atoms with Crippen LogP contribution in [0.4, 0.5) is 5.82 Å². The lowest BCUT2D eigenvalue weighted by molar-refractivity contribution is 0.104. The number of fused-ring (bicyclic) bond motifs is 1. The Bertz CT molecular complexity index is 1070. The largest absolute Gasteiger partial charge is 0.383 e. The number of carbonyl (C=O) groups excluding carboxylic acids is 1. The van der Waals surface area contributed by atoms with Crippen LogP contribution in [0.15, 0.2) is 36.8 Å². The van der Waals surface area contributed by atoms with Crippen molar-refractivity contribution in [1.82, 2.24) is 14.5 Å². The fraction of sp³-hybridized carbons (Fsp3) is 0.440. The molecule has 1 aromatic carbocycles. The highest BCUT2D eigenvalue weighted by Crippen LogP contribution is 2.37. The van der Waals surface area contributed by atoms with Gasteiger partial charge in [-0.1, -0.05) is 38.0 Å². The minimum absolute atomic E-state index is 0.00764. The number of nitrogen functional groups attached to an aromatic ring is 1. The predicted octanol–water partition coefficient (Wildman–Crippen LogP) is 5.47. The van der Waals surface area contributed by atoms with Crippen molar-refractivity contribution in [1.29, 1.82) is 0 Å². The summed E-state index contributed by atoms with van der Waals surface area (Å²) in [5.41, 5.74) is 9.61. The standard InChI is InChI=1S/C25H29N4O/c1-16-9-11-17(12-10-16)18-5-4-6-19(13-18)23(30)21-14-29(20-7-2-3-8-20)25-22(21)24(26)27-15-28-25/h4-6,9,13-17,20H,2-3,7-8,10-12H2,1H3,(H2,26,27,28). The number of anilines is 1. The Balaban J connectivity index is 1.53. The Kier molecular flexibility index (Phi) is 5.05. The number of nitrogens with two attached hydrogens (primary N) is 1. The normalized spacial score (nSPS) is 22.6. The number of carbonyl (C=O) groups is 1. The summed E-state index contributed by atoms with van der Waals surface area (Å²) in [5.74, 6) is 1.58. The second-order valence-corrected chi connectivity index (χ2v) is 9.02. The second-order valence-electron chi connectivity index (χ2n) is 9.02. The molecule has 0 bridgehead atoms. The summed E-state index contributed by atoms with van der Waals surface area (Å²) in [6, 6.07) is 8.55. The van der Waals surface area contributed by atoms with E-state index in [9.17, 15) is 4.79 Å². The van der Waals surface area contributed by atoms with Gasteiger partial charge in [0.25, 0.3) is 0 Å². The van der Waals surface area contributed by atoms with Gasteiger partial charge < -0.3 is 10.3 Å². The van der Waals surface area contributed by atoms with Crippen molar-refractivity contribution < 1.29 is 4.79 Å². The van der Waals surface area contributed by atoms with Crippen LogP contribution in [-0.4, -0.2) is 20.3 Å². The number of hydrogen-bond acceptors (Lipinski definition) is 4. The first-order valence-corrected chi connectivity index (χ1v) is 11.2. The lowest BCUT2D eigenvalue weighted by Crippen LogP contribution is -2.12. The maximum Gasteiger partial charge on any atom is 0.195 e. The summed E-state index contributed by atoms with van der Waals surface area (Å²) < 4.78 is 2.16. The van der Waals surface area contributed by atoms with Gasteiger partial charge in [-0.15, -0.1) is 0 Å². The highest BCUT2D eigenvalue weighted by Gasteiger charge is 2.26. The molecule has 0 spiro atoms.